The first kappa shape index (κ1) is 23.4. The van der Waals surface area contributed by atoms with Gasteiger partial charge < -0.3 is 24.8 Å². The molecule has 0 amide bonds. The summed E-state index contributed by atoms with van der Waals surface area (Å²) < 4.78 is 12.6. The minimum atomic E-state index is -0.180. The summed E-state index contributed by atoms with van der Waals surface area (Å²) in [5.74, 6) is 1.78. The maximum Gasteiger partial charge on any atom is 0.246 e. The van der Waals surface area contributed by atoms with Gasteiger partial charge in [-0.3, -0.25) is 9.67 Å². The fourth-order valence-corrected chi connectivity index (χ4v) is 3.28. The van der Waals surface area contributed by atoms with Gasteiger partial charge >= 0.3 is 0 Å². The van der Waals surface area contributed by atoms with E-state index in [2.05, 4.69) is 35.8 Å². The second-order valence-electron chi connectivity index (χ2n) is 6.87. The van der Waals surface area contributed by atoms with Gasteiger partial charge in [-0.05, 0) is 26.7 Å². The quantitative estimate of drug-likeness (QED) is 0.325. The summed E-state index contributed by atoms with van der Waals surface area (Å²) in [6, 6.07) is 0.302. The maximum absolute atomic E-state index is 5.48. The van der Waals surface area contributed by atoms with Crippen LogP contribution in [0.2, 0.25) is 0 Å². The van der Waals surface area contributed by atoms with Crippen LogP contribution >= 0.6 is 24.0 Å². The van der Waals surface area contributed by atoms with Crippen molar-refractivity contribution in [3.8, 4) is 0 Å². The Kier molecular flexibility index (Phi) is 9.14. The number of nitrogens with zero attached hydrogens (tertiary/aromatic N) is 6. The molecular weight excluding hydrogens is 487 g/mol. The lowest BCUT2D eigenvalue weighted by atomic mass is 10.1. The van der Waals surface area contributed by atoms with Gasteiger partial charge in [0, 0.05) is 46.0 Å². The van der Waals surface area contributed by atoms with Crippen LogP contribution in [-0.4, -0.2) is 58.7 Å². The number of nitrogens with one attached hydrogen (secondary N) is 2. The molecule has 2 unspecified atom stereocenters. The van der Waals surface area contributed by atoms with Crippen molar-refractivity contribution in [2.24, 2.45) is 12.0 Å². The van der Waals surface area contributed by atoms with Crippen LogP contribution in [0.4, 0.5) is 5.69 Å². The number of hydrogen-bond acceptors (Lipinski definition) is 7. The Bertz CT molecular complexity index is 778. The summed E-state index contributed by atoms with van der Waals surface area (Å²) in [5.41, 5.74) is 1.15. The number of guanidine groups is 1. The van der Waals surface area contributed by atoms with Gasteiger partial charge in [0.05, 0.1) is 18.4 Å². The zero-order valence-electron chi connectivity index (χ0n) is 17.5. The fourth-order valence-electron chi connectivity index (χ4n) is 3.28. The first-order chi connectivity index (χ1) is 13.6. The largest absolute Gasteiger partial charge is 0.371 e. The van der Waals surface area contributed by atoms with Crippen molar-refractivity contribution in [2.45, 2.75) is 45.4 Å². The van der Waals surface area contributed by atoms with E-state index in [0.29, 0.717) is 30.9 Å². The molecule has 2 N–H and O–H groups in total. The van der Waals surface area contributed by atoms with Crippen LogP contribution in [0.5, 0.6) is 0 Å². The van der Waals surface area contributed by atoms with Crippen LogP contribution in [0.1, 0.15) is 44.5 Å². The van der Waals surface area contributed by atoms with Crippen LogP contribution < -0.4 is 15.5 Å². The number of anilines is 1. The second kappa shape index (κ2) is 11.3. The standard InChI is InChI=1S/C18H30N8O2.HI/c1-5-27-13(2)17-23-16(28-24-17)10-20-18(19-3)22-14-7-6-8-26(11-14)15-9-21-25(4)12-15;/h9,12-14H,5-8,10-11H2,1-4H3,(H2,19,20,22);1H. The van der Waals surface area contributed by atoms with Gasteiger partial charge in [-0.1, -0.05) is 5.16 Å². The highest BCUT2D eigenvalue weighted by Gasteiger charge is 2.22. The van der Waals surface area contributed by atoms with E-state index in [1.165, 1.54) is 0 Å². The molecule has 3 rings (SSSR count). The molecule has 1 saturated heterocycles. The Morgan fingerprint density at radius 1 is 1.48 bits per heavy atom. The van der Waals surface area contributed by atoms with Crippen molar-refractivity contribution in [1.82, 2.24) is 30.6 Å². The summed E-state index contributed by atoms with van der Waals surface area (Å²) in [7, 11) is 3.69. The Morgan fingerprint density at radius 2 is 2.31 bits per heavy atom. The molecule has 2 aromatic rings. The highest BCUT2D eigenvalue weighted by atomic mass is 127. The summed E-state index contributed by atoms with van der Waals surface area (Å²) >= 11 is 0. The number of hydrogen-bond donors (Lipinski definition) is 2. The van der Waals surface area contributed by atoms with Crippen molar-refractivity contribution < 1.29 is 9.26 Å². The van der Waals surface area contributed by atoms with Gasteiger partial charge in [0.1, 0.15) is 6.10 Å². The number of aliphatic imine (C=N–C) groups is 1. The van der Waals surface area contributed by atoms with E-state index in [1.807, 2.05) is 38.0 Å². The molecule has 0 bridgehead atoms. The molecule has 10 nitrogen and oxygen atoms in total. The number of aryl methyl sites for hydroxylation is 1. The Balaban J connectivity index is 0.00000300. The van der Waals surface area contributed by atoms with E-state index in [1.54, 1.807) is 7.05 Å². The third kappa shape index (κ3) is 6.56. The van der Waals surface area contributed by atoms with Crippen molar-refractivity contribution >= 4 is 35.6 Å². The maximum atomic E-state index is 5.48. The molecule has 0 saturated carbocycles. The van der Waals surface area contributed by atoms with Crippen LogP contribution in [-0.2, 0) is 18.3 Å². The molecule has 2 aromatic heterocycles. The van der Waals surface area contributed by atoms with Gasteiger partial charge in [-0.25, -0.2) is 0 Å². The molecule has 2 atom stereocenters. The number of piperidine rings is 1. The average molecular weight is 518 g/mol. The highest BCUT2D eigenvalue weighted by molar-refractivity contribution is 14.0. The van der Waals surface area contributed by atoms with E-state index < -0.39 is 0 Å². The van der Waals surface area contributed by atoms with E-state index >= 15 is 0 Å². The summed E-state index contributed by atoms with van der Waals surface area (Å²) in [4.78, 5) is 11.0. The van der Waals surface area contributed by atoms with Crippen LogP contribution in [0.3, 0.4) is 0 Å². The molecule has 3 heterocycles. The molecule has 29 heavy (non-hydrogen) atoms. The van der Waals surface area contributed by atoms with E-state index in [-0.39, 0.29) is 30.1 Å². The molecule has 0 aliphatic carbocycles. The number of aromatic nitrogens is 4. The minimum absolute atomic E-state index is 0. The summed E-state index contributed by atoms with van der Waals surface area (Å²) in [5, 5.41) is 15.0. The number of rotatable bonds is 7. The molecule has 0 radical (unpaired) electrons. The van der Waals surface area contributed by atoms with Crippen molar-refractivity contribution in [3.63, 3.8) is 0 Å². The lowest BCUT2D eigenvalue weighted by molar-refractivity contribution is 0.0683. The molecule has 0 aromatic carbocycles. The monoisotopic (exact) mass is 518 g/mol. The lowest BCUT2D eigenvalue weighted by Crippen LogP contribution is -2.51. The molecule has 1 aliphatic heterocycles. The third-order valence-corrected chi connectivity index (χ3v) is 4.71. The Labute approximate surface area is 188 Å². The molecule has 11 heteroatoms. The van der Waals surface area contributed by atoms with Gasteiger partial charge in [0.25, 0.3) is 0 Å². The van der Waals surface area contributed by atoms with Crippen LogP contribution in [0.25, 0.3) is 0 Å². The van der Waals surface area contributed by atoms with E-state index in [0.717, 1.165) is 37.6 Å². The van der Waals surface area contributed by atoms with Gasteiger partial charge in [0.2, 0.25) is 5.89 Å². The predicted molar refractivity (Wildman–Crippen MR) is 122 cm³/mol. The van der Waals surface area contributed by atoms with Crippen LogP contribution in [0.15, 0.2) is 21.9 Å². The molecule has 1 aliphatic rings. The predicted octanol–water partition coefficient (Wildman–Crippen LogP) is 1.85. The third-order valence-electron chi connectivity index (χ3n) is 4.71. The molecular formula is C18H31IN8O2. The van der Waals surface area contributed by atoms with Crippen LogP contribution in [0, 0.1) is 0 Å². The zero-order valence-corrected chi connectivity index (χ0v) is 19.8. The minimum Gasteiger partial charge on any atom is -0.371 e. The van der Waals surface area contributed by atoms with Crippen molar-refractivity contribution in [3.05, 3.63) is 24.1 Å². The molecule has 0 spiro atoms. The highest BCUT2D eigenvalue weighted by Crippen LogP contribution is 2.19. The smallest absolute Gasteiger partial charge is 0.246 e. The average Bonchev–Trinajstić information content (AvgIpc) is 3.35. The van der Waals surface area contributed by atoms with E-state index in [9.17, 15) is 0 Å². The fraction of sp³-hybridized carbons (Fsp3) is 0.667. The number of ether oxygens (including phenoxy) is 1. The second-order valence-corrected chi connectivity index (χ2v) is 6.87. The van der Waals surface area contributed by atoms with Gasteiger partial charge in [-0.2, -0.15) is 10.1 Å². The molecule has 162 valence electrons. The zero-order chi connectivity index (χ0) is 19.9. The van der Waals surface area contributed by atoms with Crippen molar-refractivity contribution in [1.29, 1.82) is 0 Å². The Morgan fingerprint density at radius 3 is 3.00 bits per heavy atom. The number of halogens is 1. The SMILES string of the molecule is CCOC(C)c1noc(CNC(=NC)NC2CCCN(c3cnn(C)c3)C2)n1.I. The lowest BCUT2D eigenvalue weighted by Gasteiger charge is -2.34. The normalized spacial score (nSPS) is 18.3. The van der Waals surface area contributed by atoms with Gasteiger partial charge in [0.15, 0.2) is 11.8 Å². The first-order valence-corrected chi connectivity index (χ1v) is 9.74. The van der Waals surface area contributed by atoms with E-state index in [4.69, 9.17) is 9.26 Å². The molecule has 1 fully saturated rings. The summed E-state index contributed by atoms with van der Waals surface area (Å²) in [6.07, 6.45) is 5.98. The summed E-state index contributed by atoms with van der Waals surface area (Å²) in [6.45, 7) is 6.81. The van der Waals surface area contributed by atoms with Crippen molar-refractivity contribution in [2.75, 3.05) is 31.6 Å². The topological polar surface area (TPSA) is 106 Å². The Hall–Kier alpha value is -1.89. The van der Waals surface area contributed by atoms with Gasteiger partial charge in [-0.15, -0.1) is 24.0 Å². The first-order valence-electron chi connectivity index (χ1n) is 9.74.